The summed E-state index contributed by atoms with van der Waals surface area (Å²) in [5, 5.41) is 3.82. The lowest BCUT2D eigenvalue weighted by atomic mass is 9.79. The van der Waals surface area contributed by atoms with E-state index in [0.717, 1.165) is 10.9 Å². The topological polar surface area (TPSA) is 12.9 Å². The van der Waals surface area contributed by atoms with Gasteiger partial charge in [0.15, 0.2) is 0 Å². The number of hydrogen-bond donors (Lipinski definition) is 0. The molecule has 1 aliphatic carbocycles. The van der Waals surface area contributed by atoms with Crippen molar-refractivity contribution < 1.29 is 0 Å². The molecule has 0 saturated carbocycles. The van der Waals surface area contributed by atoms with Gasteiger partial charge in [0, 0.05) is 31.8 Å². The van der Waals surface area contributed by atoms with Crippen LogP contribution in [0, 0.1) is 0 Å². The van der Waals surface area contributed by atoms with E-state index in [0.29, 0.717) is 0 Å². The second-order valence-electron chi connectivity index (χ2n) is 10.7. The molecule has 0 unspecified atom stereocenters. The second kappa shape index (κ2) is 8.72. The second-order valence-corrected chi connectivity index (χ2v) is 11.8. The van der Waals surface area contributed by atoms with E-state index < -0.39 is 0 Å². The van der Waals surface area contributed by atoms with Gasteiger partial charge in [-0.05, 0) is 86.0 Å². The number of fused-ring (bicyclic) bond motifs is 12. The van der Waals surface area contributed by atoms with Crippen LogP contribution >= 0.6 is 11.3 Å². The highest BCUT2D eigenvalue weighted by Gasteiger charge is 2.23. The Balaban J connectivity index is 1.36. The van der Waals surface area contributed by atoms with Gasteiger partial charge in [-0.25, -0.2) is 0 Å². The van der Waals surface area contributed by atoms with Crippen LogP contribution in [-0.2, 0) is 0 Å². The van der Waals surface area contributed by atoms with Gasteiger partial charge < -0.3 is 0 Å². The van der Waals surface area contributed by atoms with E-state index >= 15 is 0 Å². The maximum Gasteiger partial charge on any atom is 0.0708 e. The molecule has 0 radical (unpaired) electrons. The Hall–Kier alpha value is -5.05. The smallest absolute Gasteiger partial charge is 0.0708 e. The lowest BCUT2D eigenvalue weighted by Gasteiger charge is -2.24. The number of nitrogens with zero attached hydrogens (tertiary/aromatic N) is 1. The summed E-state index contributed by atoms with van der Waals surface area (Å²) in [6.07, 6.45) is 1.88. The molecule has 9 rings (SSSR count). The van der Waals surface area contributed by atoms with Crippen molar-refractivity contribution in [3.05, 3.63) is 140 Å². The van der Waals surface area contributed by atoms with Crippen molar-refractivity contribution in [1.82, 2.24) is 4.98 Å². The number of pyridine rings is 1. The fourth-order valence-electron chi connectivity index (χ4n) is 6.62. The quantitative estimate of drug-likeness (QED) is 0.203. The maximum atomic E-state index is 4.70. The van der Waals surface area contributed by atoms with E-state index in [1.165, 1.54) is 75.8 Å². The molecule has 1 nitrogen and oxygen atoms in total. The molecule has 0 bridgehead atoms. The summed E-state index contributed by atoms with van der Waals surface area (Å²) in [7, 11) is 0. The first-order chi connectivity index (χ1) is 20.3. The molecular formula is C39H23NS. The van der Waals surface area contributed by atoms with Crippen molar-refractivity contribution in [3.8, 4) is 55.6 Å². The van der Waals surface area contributed by atoms with Crippen LogP contribution in [0.2, 0.25) is 0 Å². The van der Waals surface area contributed by atoms with Gasteiger partial charge in [-0.3, -0.25) is 4.98 Å². The Labute approximate surface area is 242 Å². The maximum absolute atomic E-state index is 4.70. The minimum atomic E-state index is 1.02. The monoisotopic (exact) mass is 537 g/mol. The lowest BCUT2D eigenvalue weighted by molar-refractivity contribution is 1.41. The molecule has 41 heavy (non-hydrogen) atoms. The highest BCUT2D eigenvalue weighted by Crippen LogP contribution is 2.50. The minimum absolute atomic E-state index is 1.02. The van der Waals surface area contributed by atoms with Crippen molar-refractivity contribution >= 4 is 42.4 Å². The number of benzene rings is 6. The average Bonchev–Trinajstić information content (AvgIpc) is 3.42. The fraction of sp³-hybridized carbons (Fsp3) is 0. The van der Waals surface area contributed by atoms with Gasteiger partial charge in [0.05, 0.1) is 5.52 Å². The molecule has 0 amide bonds. The van der Waals surface area contributed by atoms with Crippen molar-refractivity contribution in [2.45, 2.75) is 0 Å². The third kappa shape index (κ3) is 3.38. The molecule has 1 aliphatic rings. The zero-order valence-corrected chi connectivity index (χ0v) is 23.0. The Bertz CT molecular complexity index is 2320. The van der Waals surface area contributed by atoms with E-state index in [1.807, 2.05) is 23.6 Å². The summed E-state index contributed by atoms with van der Waals surface area (Å²) >= 11 is 1.89. The third-order valence-corrected chi connectivity index (χ3v) is 9.71. The standard InChI is InChI=1S/C39H23NS/c1-2-11-28-27(10-1)31-19-18-24(26-15-7-16-33-32-14-5-6-17-38(32)41-39(26)33)21-34(31)29-12-3-4-13-30(29)35-22-25-9-8-20-40-37(25)23-36(28)35/h1-23H. The Morgan fingerprint density at radius 2 is 1.02 bits per heavy atom. The summed E-state index contributed by atoms with van der Waals surface area (Å²) < 4.78 is 2.68. The van der Waals surface area contributed by atoms with Gasteiger partial charge in [0.1, 0.15) is 0 Å². The van der Waals surface area contributed by atoms with Gasteiger partial charge in [-0.15, -0.1) is 11.3 Å². The van der Waals surface area contributed by atoms with Crippen LogP contribution in [0.5, 0.6) is 0 Å². The average molecular weight is 538 g/mol. The third-order valence-electron chi connectivity index (χ3n) is 8.49. The Morgan fingerprint density at radius 3 is 1.83 bits per heavy atom. The van der Waals surface area contributed by atoms with Crippen LogP contribution in [-0.4, -0.2) is 4.98 Å². The van der Waals surface area contributed by atoms with Crippen molar-refractivity contribution in [2.75, 3.05) is 0 Å². The van der Waals surface area contributed by atoms with Crippen LogP contribution in [0.15, 0.2) is 140 Å². The van der Waals surface area contributed by atoms with Gasteiger partial charge in [0.25, 0.3) is 0 Å². The molecule has 2 heterocycles. The van der Waals surface area contributed by atoms with Crippen molar-refractivity contribution in [1.29, 1.82) is 0 Å². The van der Waals surface area contributed by atoms with E-state index in [-0.39, 0.29) is 0 Å². The molecular weight excluding hydrogens is 515 g/mol. The number of hydrogen-bond acceptors (Lipinski definition) is 2. The summed E-state index contributed by atoms with van der Waals surface area (Å²) in [4.78, 5) is 4.70. The van der Waals surface area contributed by atoms with E-state index in [9.17, 15) is 0 Å². The molecule has 8 aromatic rings. The fourth-order valence-corrected chi connectivity index (χ4v) is 7.85. The van der Waals surface area contributed by atoms with Gasteiger partial charge in [0.2, 0.25) is 0 Å². The van der Waals surface area contributed by atoms with Crippen LogP contribution in [0.25, 0.3) is 86.7 Å². The van der Waals surface area contributed by atoms with E-state index in [1.54, 1.807) is 0 Å². The van der Waals surface area contributed by atoms with Gasteiger partial charge >= 0.3 is 0 Å². The predicted octanol–water partition coefficient (Wildman–Crippen LogP) is 11.3. The molecule has 190 valence electrons. The summed E-state index contributed by atoms with van der Waals surface area (Å²) in [5.74, 6) is 0. The number of thiophene rings is 1. The molecule has 0 spiro atoms. The first kappa shape index (κ1) is 22.7. The Morgan fingerprint density at radius 1 is 0.415 bits per heavy atom. The predicted molar refractivity (Wildman–Crippen MR) is 175 cm³/mol. The van der Waals surface area contributed by atoms with E-state index in [2.05, 4.69) is 127 Å². The number of rotatable bonds is 1. The SMILES string of the molecule is c1ccc2c(c1)-c1ccc(-c3cccc4c3sc3ccccc34)cc1-c1ccccc1-c1cc3cccnc3cc1-2. The lowest BCUT2D eigenvalue weighted by Crippen LogP contribution is -1.98. The largest absolute Gasteiger partial charge is 0.256 e. The molecule has 6 aromatic carbocycles. The van der Waals surface area contributed by atoms with Crippen LogP contribution in [0.3, 0.4) is 0 Å². The van der Waals surface area contributed by atoms with Crippen LogP contribution in [0.1, 0.15) is 0 Å². The molecule has 0 fully saturated rings. The zero-order valence-electron chi connectivity index (χ0n) is 22.1. The van der Waals surface area contributed by atoms with Crippen molar-refractivity contribution in [2.24, 2.45) is 0 Å². The van der Waals surface area contributed by atoms with Crippen molar-refractivity contribution in [3.63, 3.8) is 0 Å². The molecule has 0 saturated heterocycles. The van der Waals surface area contributed by atoms with Gasteiger partial charge in [-0.2, -0.15) is 0 Å². The zero-order chi connectivity index (χ0) is 26.9. The molecule has 2 heteroatoms. The Kier molecular flexibility index (Phi) is 4.84. The molecule has 0 aliphatic heterocycles. The summed E-state index contributed by atoms with van der Waals surface area (Å²) in [5.41, 5.74) is 13.5. The highest BCUT2D eigenvalue weighted by molar-refractivity contribution is 7.26. The number of aromatic nitrogens is 1. The summed E-state index contributed by atoms with van der Waals surface area (Å²) in [6.45, 7) is 0. The molecule has 0 N–H and O–H groups in total. The first-order valence-electron chi connectivity index (χ1n) is 14.0. The van der Waals surface area contributed by atoms with Crippen LogP contribution in [0.4, 0.5) is 0 Å². The highest BCUT2D eigenvalue weighted by atomic mass is 32.1. The molecule has 0 atom stereocenters. The van der Waals surface area contributed by atoms with Gasteiger partial charge in [-0.1, -0.05) is 103 Å². The van der Waals surface area contributed by atoms with Crippen LogP contribution < -0.4 is 0 Å². The normalized spacial score (nSPS) is 11.9. The summed E-state index contributed by atoms with van der Waals surface area (Å²) in [6, 6.07) is 49.0. The molecule has 2 aromatic heterocycles. The first-order valence-corrected chi connectivity index (χ1v) is 14.8. The minimum Gasteiger partial charge on any atom is -0.256 e. The van der Waals surface area contributed by atoms with E-state index in [4.69, 9.17) is 4.98 Å².